The maximum absolute atomic E-state index is 11.3. The Morgan fingerprint density at radius 3 is 2.52 bits per heavy atom. The summed E-state index contributed by atoms with van der Waals surface area (Å²) in [6.45, 7) is 2.67. The highest BCUT2D eigenvalue weighted by atomic mass is 16.6. The van der Waals surface area contributed by atoms with E-state index in [-0.39, 0.29) is 24.3 Å². The first-order valence-electron chi connectivity index (χ1n) is 6.81. The van der Waals surface area contributed by atoms with Crippen molar-refractivity contribution >= 4 is 11.4 Å². The summed E-state index contributed by atoms with van der Waals surface area (Å²) in [6, 6.07) is 2.85. The molecular formula is C14H20N2O5. The zero-order valence-corrected chi connectivity index (χ0v) is 12.4. The van der Waals surface area contributed by atoms with Crippen LogP contribution in [0.4, 0.5) is 11.4 Å². The Morgan fingerprint density at radius 1 is 1.38 bits per heavy atom. The van der Waals surface area contributed by atoms with Crippen molar-refractivity contribution in [1.82, 2.24) is 0 Å². The second-order valence-electron chi connectivity index (χ2n) is 5.16. The maximum Gasteiger partial charge on any atom is 0.296 e. The summed E-state index contributed by atoms with van der Waals surface area (Å²) in [7, 11) is 2.93. The van der Waals surface area contributed by atoms with Crippen LogP contribution in [0.2, 0.25) is 0 Å². The molecule has 1 aromatic carbocycles. The third-order valence-electron chi connectivity index (χ3n) is 4.06. The van der Waals surface area contributed by atoms with Crippen LogP contribution in [-0.4, -0.2) is 43.4 Å². The zero-order chi connectivity index (χ0) is 15.6. The van der Waals surface area contributed by atoms with E-state index in [1.807, 2.05) is 11.8 Å². The highest BCUT2D eigenvalue weighted by molar-refractivity contribution is 5.70. The molecule has 1 fully saturated rings. The molecule has 0 bridgehead atoms. The standard InChI is InChI=1S/C14H20N2O5/c1-9-4-5-15(12(9)8-17)10-6-13(20-2)14(21-3)7-11(10)16(18)19/h6-7,9,12,17H,4-5,8H2,1-3H3. The Bertz CT molecular complexity index is 534. The fourth-order valence-corrected chi connectivity index (χ4v) is 2.82. The largest absolute Gasteiger partial charge is 0.493 e. The van der Waals surface area contributed by atoms with E-state index in [0.29, 0.717) is 23.7 Å². The molecular weight excluding hydrogens is 276 g/mol. The monoisotopic (exact) mass is 296 g/mol. The second-order valence-corrected chi connectivity index (χ2v) is 5.16. The maximum atomic E-state index is 11.3. The van der Waals surface area contributed by atoms with Crippen molar-refractivity contribution in [3.05, 3.63) is 22.2 Å². The lowest BCUT2D eigenvalue weighted by Gasteiger charge is -2.27. The molecule has 1 N–H and O–H groups in total. The zero-order valence-electron chi connectivity index (χ0n) is 12.4. The molecule has 0 aliphatic carbocycles. The van der Waals surface area contributed by atoms with Crippen molar-refractivity contribution in [1.29, 1.82) is 0 Å². The number of aliphatic hydroxyl groups excluding tert-OH is 1. The number of methoxy groups -OCH3 is 2. The van der Waals surface area contributed by atoms with E-state index in [1.165, 1.54) is 20.3 Å². The molecule has 0 radical (unpaired) electrons. The van der Waals surface area contributed by atoms with Gasteiger partial charge in [0, 0.05) is 12.6 Å². The molecule has 1 saturated heterocycles. The molecule has 7 heteroatoms. The van der Waals surface area contributed by atoms with Crippen molar-refractivity contribution in [3.63, 3.8) is 0 Å². The SMILES string of the molecule is COc1cc(N2CCC(C)C2CO)c([N+](=O)[O-])cc1OC. The van der Waals surface area contributed by atoms with Gasteiger partial charge in [-0.05, 0) is 12.3 Å². The van der Waals surface area contributed by atoms with Crippen LogP contribution in [0, 0.1) is 16.0 Å². The smallest absolute Gasteiger partial charge is 0.296 e. The third kappa shape index (κ3) is 2.73. The van der Waals surface area contributed by atoms with E-state index in [4.69, 9.17) is 9.47 Å². The van der Waals surface area contributed by atoms with Crippen LogP contribution in [0.5, 0.6) is 11.5 Å². The van der Waals surface area contributed by atoms with Crippen LogP contribution >= 0.6 is 0 Å². The Morgan fingerprint density at radius 2 is 2.00 bits per heavy atom. The molecule has 1 aliphatic heterocycles. The predicted molar refractivity (Wildman–Crippen MR) is 78.2 cm³/mol. The number of rotatable bonds is 5. The second kappa shape index (κ2) is 6.17. The number of nitrogens with zero attached hydrogens (tertiary/aromatic N) is 2. The Labute approximate surface area is 123 Å². The van der Waals surface area contributed by atoms with Crippen LogP contribution in [0.15, 0.2) is 12.1 Å². The number of aliphatic hydroxyl groups is 1. The van der Waals surface area contributed by atoms with E-state index in [0.717, 1.165) is 6.42 Å². The molecule has 1 heterocycles. The van der Waals surface area contributed by atoms with E-state index in [9.17, 15) is 15.2 Å². The van der Waals surface area contributed by atoms with Gasteiger partial charge in [0.2, 0.25) is 0 Å². The Hall–Kier alpha value is -2.02. The number of hydrogen-bond donors (Lipinski definition) is 1. The van der Waals surface area contributed by atoms with Gasteiger partial charge in [0.15, 0.2) is 11.5 Å². The number of hydrogen-bond acceptors (Lipinski definition) is 6. The summed E-state index contributed by atoms with van der Waals surface area (Å²) in [5.74, 6) is 1.04. The van der Waals surface area contributed by atoms with Crippen molar-refractivity contribution in [2.24, 2.45) is 5.92 Å². The quantitative estimate of drug-likeness (QED) is 0.659. The number of nitro groups is 1. The van der Waals surface area contributed by atoms with Gasteiger partial charge in [-0.3, -0.25) is 10.1 Å². The van der Waals surface area contributed by atoms with Gasteiger partial charge in [-0.25, -0.2) is 0 Å². The lowest BCUT2D eigenvalue weighted by Crippen LogP contribution is -2.35. The number of anilines is 1. The minimum Gasteiger partial charge on any atom is -0.493 e. The van der Waals surface area contributed by atoms with E-state index in [1.54, 1.807) is 6.07 Å². The number of nitro benzene ring substituents is 1. The topological polar surface area (TPSA) is 85.1 Å². The molecule has 2 unspecified atom stereocenters. The van der Waals surface area contributed by atoms with Gasteiger partial charge in [0.05, 0.1) is 37.9 Å². The number of benzene rings is 1. The summed E-state index contributed by atoms with van der Waals surface area (Å²) >= 11 is 0. The van der Waals surface area contributed by atoms with Crippen LogP contribution in [-0.2, 0) is 0 Å². The van der Waals surface area contributed by atoms with E-state index >= 15 is 0 Å². The summed E-state index contributed by atoms with van der Waals surface area (Å²) < 4.78 is 10.4. The van der Waals surface area contributed by atoms with E-state index in [2.05, 4.69) is 0 Å². The predicted octanol–water partition coefficient (Wildman–Crippen LogP) is 1.82. The molecule has 0 spiro atoms. The van der Waals surface area contributed by atoms with Gasteiger partial charge in [-0.15, -0.1) is 0 Å². The van der Waals surface area contributed by atoms with Crippen LogP contribution < -0.4 is 14.4 Å². The van der Waals surface area contributed by atoms with Crippen LogP contribution in [0.25, 0.3) is 0 Å². The molecule has 116 valence electrons. The minimum absolute atomic E-state index is 0.0351. The first-order valence-corrected chi connectivity index (χ1v) is 6.81. The molecule has 0 aromatic heterocycles. The summed E-state index contributed by atoms with van der Waals surface area (Å²) in [5, 5.41) is 20.9. The molecule has 0 saturated carbocycles. The Balaban J connectivity index is 2.53. The van der Waals surface area contributed by atoms with Crippen molar-refractivity contribution in [2.45, 2.75) is 19.4 Å². The lowest BCUT2D eigenvalue weighted by molar-refractivity contribution is -0.384. The molecule has 2 rings (SSSR count). The highest BCUT2D eigenvalue weighted by Crippen LogP contribution is 2.42. The van der Waals surface area contributed by atoms with Crippen molar-refractivity contribution in [2.75, 3.05) is 32.3 Å². The first-order chi connectivity index (χ1) is 10.0. The molecule has 7 nitrogen and oxygen atoms in total. The van der Waals surface area contributed by atoms with Crippen LogP contribution in [0.3, 0.4) is 0 Å². The third-order valence-corrected chi connectivity index (χ3v) is 4.06. The summed E-state index contributed by atoms with van der Waals surface area (Å²) in [6.07, 6.45) is 0.886. The summed E-state index contributed by atoms with van der Waals surface area (Å²) in [4.78, 5) is 12.8. The lowest BCUT2D eigenvalue weighted by atomic mass is 10.0. The Kier molecular flexibility index (Phi) is 4.52. The molecule has 21 heavy (non-hydrogen) atoms. The van der Waals surface area contributed by atoms with E-state index < -0.39 is 4.92 Å². The van der Waals surface area contributed by atoms with Crippen molar-refractivity contribution in [3.8, 4) is 11.5 Å². The van der Waals surface area contributed by atoms with Gasteiger partial charge in [-0.1, -0.05) is 6.92 Å². The van der Waals surface area contributed by atoms with Gasteiger partial charge >= 0.3 is 0 Å². The fourth-order valence-electron chi connectivity index (χ4n) is 2.82. The normalized spacial score (nSPS) is 21.4. The highest BCUT2D eigenvalue weighted by Gasteiger charge is 2.35. The van der Waals surface area contributed by atoms with Gasteiger partial charge in [-0.2, -0.15) is 0 Å². The average molecular weight is 296 g/mol. The minimum atomic E-state index is -0.436. The van der Waals surface area contributed by atoms with Crippen molar-refractivity contribution < 1.29 is 19.5 Å². The van der Waals surface area contributed by atoms with Gasteiger partial charge in [0.1, 0.15) is 5.69 Å². The molecule has 0 amide bonds. The van der Waals surface area contributed by atoms with Crippen LogP contribution in [0.1, 0.15) is 13.3 Å². The molecule has 1 aromatic rings. The molecule has 2 atom stereocenters. The van der Waals surface area contributed by atoms with Gasteiger partial charge < -0.3 is 19.5 Å². The summed E-state index contributed by atoms with van der Waals surface area (Å²) in [5.41, 5.74) is 0.418. The fraction of sp³-hybridized carbons (Fsp3) is 0.571. The van der Waals surface area contributed by atoms with Gasteiger partial charge in [0.25, 0.3) is 5.69 Å². The first kappa shape index (κ1) is 15.4. The average Bonchev–Trinajstić information content (AvgIpc) is 2.86. The number of ether oxygens (including phenoxy) is 2. The molecule has 1 aliphatic rings.